The SMILES string of the molecule is CC1CC(C)(C)CC2(C1)OCCO2. The standard InChI is InChI=1S/C11H20O2/c1-9-6-10(2,3)8-11(7-9)12-4-5-13-11/h9H,4-8H2,1-3H3. The van der Waals surface area contributed by atoms with Crippen molar-refractivity contribution in [3.05, 3.63) is 0 Å². The quantitative estimate of drug-likeness (QED) is 0.576. The summed E-state index contributed by atoms with van der Waals surface area (Å²) >= 11 is 0. The Kier molecular flexibility index (Phi) is 2.16. The van der Waals surface area contributed by atoms with Crippen LogP contribution < -0.4 is 0 Å². The fraction of sp³-hybridized carbons (Fsp3) is 1.00. The molecule has 0 N–H and O–H groups in total. The van der Waals surface area contributed by atoms with Gasteiger partial charge in [-0.05, 0) is 17.8 Å². The van der Waals surface area contributed by atoms with Crippen LogP contribution in [0.1, 0.15) is 40.0 Å². The van der Waals surface area contributed by atoms with Gasteiger partial charge in [0.25, 0.3) is 0 Å². The summed E-state index contributed by atoms with van der Waals surface area (Å²) in [6.45, 7) is 8.49. The summed E-state index contributed by atoms with van der Waals surface area (Å²) in [4.78, 5) is 0. The fourth-order valence-electron chi connectivity index (χ4n) is 3.14. The van der Waals surface area contributed by atoms with Crippen LogP contribution >= 0.6 is 0 Å². The van der Waals surface area contributed by atoms with Crippen molar-refractivity contribution in [3.63, 3.8) is 0 Å². The molecule has 1 unspecified atom stereocenters. The summed E-state index contributed by atoms with van der Waals surface area (Å²) in [5.74, 6) is 0.503. The van der Waals surface area contributed by atoms with Crippen LogP contribution in [0, 0.1) is 11.3 Å². The molecule has 76 valence electrons. The van der Waals surface area contributed by atoms with Gasteiger partial charge < -0.3 is 9.47 Å². The summed E-state index contributed by atoms with van der Waals surface area (Å²) in [5.41, 5.74) is 0.377. The molecule has 2 aliphatic rings. The Morgan fingerprint density at radius 1 is 1.08 bits per heavy atom. The topological polar surface area (TPSA) is 18.5 Å². The number of rotatable bonds is 0. The molecule has 0 radical (unpaired) electrons. The van der Waals surface area contributed by atoms with Gasteiger partial charge in [0.05, 0.1) is 13.2 Å². The molecule has 2 rings (SSSR count). The molecule has 2 nitrogen and oxygen atoms in total. The van der Waals surface area contributed by atoms with Crippen molar-refractivity contribution in [1.29, 1.82) is 0 Å². The molecule has 1 aliphatic heterocycles. The summed E-state index contributed by atoms with van der Waals surface area (Å²) < 4.78 is 11.5. The first kappa shape index (κ1) is 9.47. The van der Waals surface area contributed by atoms with E-state index in [1.165, 1.54) is 6.42 Å². The van der Waals surface area contributed by atoms with Crippen molar-refractivity contribution in [2.45, 2.75) is 45.8 Å². The van der Waals surface area contributed by atoms with Gasteiger partial charge in [-0.15, -0.1) is 0 Å². The first-order valence-corrected chi connectivity index (χ1v) is 5.29. The maximum absolute atomic E-state index is 5.77. The zero-order valence-electron chi connectivity index (χ0n) is 8.93. The van der Waals surface area contributed by atoms with Crippen molar-refractivity contribution in [3.8, 4) is 0 Å². The molecular weight excluding hydrogens is 164 g/mol. The second kappa shape index (κ2) is 2.96. The Morgan fingerprint density at radius 2 is 1.69 bits per heavy atom. The van der Waals surface area contributed by atoms with Gasteiger partial charge in [-0.2, -0.15) is 0 Å². The normalized spacial score (nSPS) is 36.7. The van der Waals surface area contributed by atoms with Crippen molar-refractivity contribution in [2.24, 2.45) is 11.3 Å². The van der Waals surface area contributed by atoms with E-state index >= 15 is 0 Å². The lowest BCUT2D eigenvalue weighted by Gasteiger charge is -2.43. The molecule has 1 saturated heterocycles. The first-order valence-electron chi connectivity index (χ1n) is 5.29. The zero-order valence-corrected chi connectivity index (χ0v) is 8.93. The van der Waals surface area contributed by atoms with E-state index in [2.05, 4.69) is 20.8 Å². The van der Waals surface area contributed by atoms with Crippen LogP contribution in [0.15, 0.2) is 0 Å². The van der Waals surface area contributed by atoms with Crippen LogP contribution in [0.5, 0.6) is 0 Å². The molecule has 0 aromatic rings. The Balaban J connectivity index is 2.12. The van der Waals surface area contributed by atoms with Crippen LogP contribution in [-0.4, -0.2) is 19.0 Å². The fourth-order valence-corrected chi connectivity index (χ4v) is 3.14. The monoisotopic (exact) mass is 184 g/mol. The summed E-state index contributed by atoms with van der Waals surface area (Å²) in [6.07, 6.45) is 3.43. The van der Waals surface area contributed by atoms with Gasteiger partial charge in [-0.3, -0.25) is 0 Å². The molecule has 2 fully saturated rings. The van der Waals surface area contributed by atoms with Crippen LogP contribution in [0.4, 0.5) is 0 Å². The molecule has 1 spiro atoms. The molecule has 0 aromatic carbocycles. The summed E-state index contributed by atoms with van der Waals surface area (Å²) in [6, 6.07) is 0. The second-order valence-corrected chi connectivity index (χ2v) is 5.46. The van der Waals surface area contributed by atoms with Gasteiger partial charge in [0, 0.05) is 12.8 Å². The first-order chi connectivity index (χ1) is 6.02. The van der Waals surface area contributed by atoms with E-state index < -0.39 is 0 Å². The van der Waals surface area contributed by atoms with Gasteiger partial charge in [0.1, 0.15) is 0 Å². The highest BCUT2D eigenvalue weighted by Crippen LogP contribution is 2.47. The average molecular weight is 184 g/mol. The molecule has 1 saturated carbocycles. The van der Waals surface area contributed by atoms with E-state index in [9.17, 15) is 0 Å². The highest BCUT2D eigenvalue weighted by molar-refractivity contribution is 4.90. The van der Waals surface area contributed by atoms with E-state index in [1.54, 1.807) is 0 Å². The minimum Gasteiger partial charge on any atom is -0.348 e. The van der Waals surface area contributed by atoms with Crippen LogP contribution in [0.25, 0.3) is 0 Å². The average Bonchev–Trinajstić information content (AvgIpc) is 2.31. The molecule has 13 heavy (non-hydrogen) atoms. The largest absolute Gasteiger partial charge is 0.348 e. The second-order valence-electron chi connectivity index (χ2n) is 5.46. The zero-order chi connectivity index (χ0) is 9.53. The Morgan fingerprint density at radius 3 is 2.23 bits per heavy atom. The number of hydrogen-bond acceptors (Lipinski definition) is 2. The van der Waals surface area contributed by atoms with Crippen molar-refractivity contribution in [1.82, 2.24) is 0 Å². The molecule has 0 bridgehead atoms. The van der Waals surface area contributed by atoms with Gasteiger partial charge in [0.15, 0.2) is 5.79 Å². The van der Waals surface area contributed by atoms with Gasteiger partial charge in [-0.25, -0.2) is 0 Å². The van der Waals surface area contributed by atoms with E-state index in [-0.39, 0.29) is 5.79 Å². The van der Waals surface area contributed by atoms with Crippen molar-refractivity contribution >= 4 is 0 Å². The molecule has 0 amide bonds. The minimum atomic E-state index is -0.221. The number of hydrogen-bond donors (Lipinski definition) is 0. The van der Waals surface area contributed by atoms with E-state index in [0.29, 0.717) is 5.41 Å². The Hall–Kier alpha value is -0.0800. The molecule has 1 heterocycles. The molecule has 0 aromatic heterocycles. The van der Waals surface area contributed by atoms with Crippen molar-refractivity contribution in [2.75, 3.05) is 13.2 Å². The smallest absolute Gasteiger partial charge is 0.169 e. The number of ether oxygens (including phenoxy) is 2. The minimum absolute atomic E-state index is 0.221. The maximum atomic E-state index is 5.77. The van der Waals surface area contributed by atoms with Crippen LogP contribution in [0.3, 0.4) is 0 Å². The Labute approximate surface area is 80.6 Å². The third kappa shape index (κ3) is 1.89. The molecular formula is C11H20O2. The van der Waals surface area contributed by atoms with Gasteiger partial charge in [0.2, 0.25) is 0 Å². The maximum Gasteiger partial charge on any atom is 0.169 e. The summed E-state index contributed by atoms with van der Waals surface area (Å²) in [5, 5.41) is 0. The van der Waals surface area contributed by atoms with Crippen molar-refractivity contribution < 1.29 is 9.47 Å². The molecule has 2 heteroatoms. The third-order valence-electron chi connectivity index (χ3n) is 3.12. The predicted molar refractivity (Wildman–Crippen MR) is 51.4 cm³/mol. The van der Waals surface area contributed by atoms with E-state index in [4.69, 9.17) is 9.47 Å². The lowest BCUT2D eigenvalue weighted by atomic mass is 9.70. The lowest BCUT2D eigenvalue weighted by Crippen LogP contribution is -2.42. The predicted octanol–water partition coefficient (Wildman–Crippen LogP) is 2.58. The third-order valence-corrected chi connectivity index (χ3v) is 3.12. The molecule has 1 aliphatic carbocycles. The highest BCUT2D eigenvalue weighted by Gasteiger charge is 2.46. The van der Waals surface area contributed by atoms with E-state index in [0.717, 1.165) is 32.0 Å². The van der Waals surface area contributed by atoms with Crippen LogP contribution in [-0.2, 0) is 9.47 Å². The molecule has 1 atom stereocenters. The van der Waals surface area contributed by atoms with E-state index in [1.807, 2.05) is 0 Å². The lowest BCUT2D eigenvalue weighted by molar-refractivity contribution is -0.207. The van der Waals surface area contributed by atoms with Crippen LogP contribution in [0.2, 0.25) is 0 Å². The van der Waals surface area contributed by atoms with Gasteiger partial charge >= 0.3 is 0 Å². The van der Waals surface area contributed by atoms with Gasteiger partial charge in [-0.1, -0.05) is 20.8 Å². The Bertz CT molecular complexity index is 192. The summed E-state index contributed by atoms with van der Waals surface area (Å²) in [7, 11) is 0. The highest BCUT2D eigenvalue weighted by atomic mass is 16.7.